The maximum atomic E-state index is 4.94. The van der Waals surface area contributed by atoms with Crippen LogP contribution in [0.1, 0.15) is 26.5 Å². The number of nitrogens with one attached hydrogen (secondary N) is 1. The second-order valence-corrected chi connectivity index (χ2v) is 9.42. The van der Waals surface area contributed by atoms with Crippen LogP contribution in [0.2, 0.25) is 0 Å². The monoisotopic (exact) mass is 306 g/mol. The summed E-state index contributed by atoms with van der Waals surface area (Å²) in [7, 11) is -1.53. The molecule has 3 aromatic rings. The third-order valence-electron chi connectivity index (χ3n) is 3.91. The molecule has 0 fully saturated rings. The van der Waals surface area contributed by atoms with Crippen molar-refractivity contribution >= 4 is 24.6 Å². The van der Waals surface area contributed by atoms with Gasteiger partial charge in [-0.25, -0.2) is 4.98 Å². The highest BCUT2D eigenvalue weighted by atomic mass is 28.3. The lowest BCUT2D eigenvalue weighted by Crippen LogP contribution is -2.53. The van der Waals surface area contributed by atoms with Gasteiger partial charge in [0.05, 0.1) is 11.1 Å². The van der Waals surface area contributed by atoms with Crippen molar-refractivity contribution in [2.45, 2.75) is 26.2 Å². The van der Waals surface area contributed by atoms with E-state index in [9.17, 15) is 0 Å². The number of hydrogen-bond donors (Lipinski definition) is 1. The first kappa shape index (κ1) is 14.8. The summed E-state index contributed by atoms with van der Waals surface area (Å²) >= 11 is 0. The van der Waals surface area contributed by atoms with Crippen LogP contribution in [0.3, 0.4) is 0 Å². The number of nitrogens with zero attached hydrogens (tertiary/aromatic N) is 1. The van der Waals surface area contributed by atoms with E-state index in [1.807, 2.05) is 0 Å². The SMILES string of the molecule is CC(C)(C)c1c[nH]c([SiH](c2ccccc2)c2ccccc2)n1. The van der Waals surface area contributed by atoms with Crippen LogP contribution in [-0.4, -0.2) is 18.8 Å². The van der Waals surface area contributed by atoms with Crippen LogP contribution < -0.4 is 15.8 Å². The second kappa shape index (κ2) is 5.93. The largest absolute Gasteiger partial charge is 0.352 e. The molecule has 1 heterocycles. The molecule has 0 radical (unpaired) electrons. The molecule has 0 saturated heterocycles. The highest BCUT2D eigenvalue weighted by Gasteiger charge is 2.24. The summed E-state index contributed by atoms with van der Waals surface area (Å²) in [5.41, 5.74) is 2.34. The van der Waals surface area contributed by atoms with Gasteiger partial charge < -0.3 is 4.98 Å². The molecule has 3 rings (SSSR count). The zero-order valence-corrected chi connectivity index (χ0v) is 14.5. The quantitative estimate of drug-likeness (QED) is 0.736. The lowest BCUT2D eigenvalue weighted by Gasteiger charge is -2.16. The van der Waals surface area contributed by atoms with Crippen LogP contribution in [-0.2, 0) is 5.41 Å². The van der Waals surface area contributed by atoms with Gasteiger partial charge in [0.2, 0.25) is 0 Å². The Morgan fingerprint density at radius 2 is 1.32 bits per heavy atom. The van der Waals surface area contributed by atoms with Crippen molar-refractivity contribution < 1.29 is 0 Å². The molecular weight excluding hydrogens is 284 g/mol. The first-order valence-corrected chi connectivity index (χ1v) is 9.44. The highest BCUT2D eigenvalue weighted by molar-refractivity contribution is 6.94. The number of aromatic nitrogens is 2. The zero-order valence-electron chi connectivity index (χ0n) is 13.4. The smallest absolute Gasteiger partial charge is 0.177 e. The predicted molar refractivity (Wildman–Crippen MR) is 96.2 cm³/mol. The van der Waals surface area contributed by atoms with Crippen LogP contribution in [0.25, 0.3) is 0 Å². The molecule has 0 aliphatic rings. The summed E-state index contributed by atoms with van der Waals surface area (Å²) in [6, 6.07) is 21.5. The van der Waals surface area contributed by atoms with Crippen molar-refractivity contribution in [3.8, 4) is 0 Å². The molecule has 2 aromatic carbocycles. The van der Waals surface area contributed by atoms with Gasteiger partial charge in [-0.2, -0.15) is 0 Å². The molecule has 0 aliphatic carbocycles. The molecule has 3 heteroatoms. The Bertz CT molecular complexity index is 687. The summed E-state index contributed by atoms with van der Waals surface area (Å²) in [5, 5.41) is 2.78. The molecule has 2 nitrogen and oxygen atoms in total. The molecule has 1 N–H and O–H groups in total. The van der Waals surface area contributed by atoms with Gasteiger partial charge >= 0.3 is 0 Å². The van der Waals surface area contributed by atoms with Gasteiger partial charge in [-0.05, 0) is 10.4 Å². The summed E-state index contributed by atoms with van der Waals surface area (Å²) in [6.45, 7) is 6.61. The minimum atomic E-state index is -1.53. The number of rotatable bonds is 3. The standard InChI is InChI=1S/C19H22N2Si/c1-19(2,3)17-14-20-18(21-17)22(15-10-6-4-7-11-15)16-12-8-5-9-13-16/h4-14,22H,1-3H3,(H,20,21). The van der Waals surface area contributed by atoms with Crippen LogP contribution in [0, 0.1) is 0 Å². The van der Waals surface area contributed by atoms with E-state index >= 15 is 0 Å². The number of H-pyrrole nitrogens is 1. The highest BCUT2D eigenvalue weighted by Crippen LogP contribution is 2.17. The molecular formula is C19H22N2Si. The molecule has 0 bridgehead atoms. The average molecular weight is 306 g/mol. The minimum absolute atomic E-state index is 0.0705. The van der Waals surface area contributed by atoms with Gasteiger partial charge in [-0.1, -0.05) is 81.4 Å². The van der Waals surface area contributed by atoms with Crippen LogP contribution >= 0.6 is 0 Å². The fraction of sp³-hybridized carbons (Fsp3) is 0.211. The van der Waals surface area contributed by atoms with Crippen LogP contribution in [0.5, 0.6) is 0 Å². The van der Waals surface area contributed by atoms with Crippen molar-refractivity contribution in [1.82, 2.24) is 9.97 Å². The third kappa shape index (κ3) is 3.04. The molecule has 1 aromatic heterocycles. The molecule has 112 valence electrons. The van der Waals surface area contributed by atoms with E-state index in [-0.39, 0.29) is 5.41 Å². The maximum Gasteiger partial charge on any atom is 0.177 e. The summed E-state index contributed by atoms with van der Waals surface area (Å²) in [5.74, 6) is 0. The Morgan fingerprint density at radius 1 is 0.818 bits per heavy atom. The Hall–Kier alpha value is -2.13. The number of imidazole rings is 1. The van der Waals surface area contributed by atoms with E-state index in [0.29, 0.717) is 0 Å². The topological polar surface area (TPSA) is 28.7 Å². The maximum absolute atomic E-state index is 4.94. The lowest BCUT2D eigenvalue weighted by molar-refractivity contribution is 0.573. The van der Waals surface area contributed by atoms with E-state index in [0.717, 1.165) is 11.1 Å². The molecule has 0 spiro atoms. The first-order valence-electron chi connectivity index (χ1n) is 7.71. The Morgan fingerprint density at radius 3 is 1.73 bits per heavy atom. The van der Waals surface area contributed by atoms with E-state index in [2.05, 4.69) is 92.6 Å². The van der Waals surface area contributed by atoms with Gasteiger partial charge in [0, 0.05) is 11.6 Å². The van der Waals surface area contributed by atoms with Crippen molar-refractivity contribution in [2.75, 3.05) is 0 Å². The number of aromatic amines is 1. The lowest BCUT2D eigenvalue weighted by atomic mass is 9.93. The van der Waals surface area contributed by atoms with Gasteiger partial charge in [-0.15, -0.1) is 0 Å². The van der Waals surface area contributed by atoms with E-state index in [1.165, 1.54) is 10.4 Å². The summed E-state index contributed by atoms with van der Waals surface area (Å²) in [6.07, 6.45) is 2.07. The summed E-state index contributed by atoms with van der Waals surface area (Å²) < 4.78 is 0. The number of benzene rings is 2. The average Bonchev–Trinajstić information content (AvgIpc) is 2.99. The van der Waals surface area contributed by atoms with E-state index < -0.39 is 8.80 Å². The van der Waals surface area contributed by atoms with Crippen molar-refractivity contribution in [2.24, 2.45) is 0 Å². The normalized spacial score (nSPS) is 11.8. The minimum Gasteiger partial charge on any atom is -0.352 e. The zero-order chi connectivity index (χ0) is 15.6. The molecule has 22 heavy (non-hydrogen) atoms. The van der Waals surface area contributed by atoms with Crippen molar-refractivity contribution in [1.29, 1.82) is 0 Å². The molecule has 0 atom stereocenters. The number of hydrogen-bond acceptors (Lipinski definition) is 1. The van der Waals surface area contributed by atoms with Gasteiger partial charge in [-0.3, -0.25) is 0 Å². The van der Waals surface area contributed by atoms with Crippen molar-refractivity contribution in [3.05, 3.63) is 72.6 Å². The molecule has 0 saturated carbocycles. The second-order valence-electron chi connectivity index (χ2n) is 6.68. The van der Waals surface area contributed by atoms with E-state index in [1.54, 1.807) is 0 Å². The first-order chi connectivity index (χ1) is 10.6. The Kier molecular flexibility index (Phi) is 3.99. The summed E-state index contributed by atoms with van der Waals surface area (Å²) in [4.78, 5) is 8.40. The fourth-order valence-electron chi connectivity index (χ4n) is 2.67. The predicted octanol–water partition coefficient (Wildman–Crippen LogP) is 1.96. The van der Waals surface area contributed by atoms with E-state index in [4.69, 9.17) is 4.98 Å². The van der Waals surface area contributed by atoms with Gasteiger partial charge in [0.15, 0.2) is 8.80 Å². The Labute approximate surface area is 133 Å². The third-order valence-corrected chi connectivity index (χ3v) is 6.85. The van der Waals surface area contributed by atoms with Gasteiger partial charge in [0.25, 0.3) is 0 Å². The molecule has 0 unspecified atom stereocenters. The van der Waals surface area contributed by atoms with Gasteiger partial charge in [0.1, 0.15) is 0 Å². The van der Waals surface area contributed by atoms with Crippen LogP contribution in [0.4, 0.5) is 0 Å². The van der Waals surface area contributed by atoms with Crippen LogP contribution in [0.15, 0.2) is 66.9 Å². The van der Waals surface area contributed by atoms with Crippen molar-refractivity contribution in [3.63, 3.8) is 0 Å². The Balaban J connectivity index is 2.09. The molecule has 0 amide bonds. The molecule has 0 aliphatic heterocycles. The fourth-order valence-corrected chi connectivity index (χ4v) is 5.42.